The van der Waals surface area contributed by atoms with E-state index in [1.165, 1.54) is 0 Å². The van der Waals surface area contributed by atoms with Crippen LogP contribution < -0.4 is 5.56 Å². The average Bonchev–Trinajstić information content (AvgIpc) is 2.73. The summed E-state index contributed by atoms with van der Waals surface area (Å²) in [5, 5.41) is 1.06. The van der Waals surface area contributed by atoms with Crippen LogP contribution in [0.4, 0.5) is 0 Å². The fraction of sp³-hybridized carbons (Fsp3) is 0.286. The molecule has 1 amide bonds. The van der Waals surface area contributed by atoms with Gasteiger partial charge in [0.15, 0.2) is 0 Å². The Morgan fingerprint density at radius 1 is 1.07 bits per heavy atom. The Hall–Kier alpha value is -2.70. The molecule has 2 aromatic carbocycles. The Labute approximate surface area is 167 Å². The molecule has 1 atom stereocenters. The number of aromatic amines is 1. The molecule has 1 N–H and O–H groups in total. The third kappa shape index (κ3) is 3.53. The molecule has 4 rings (SSSR count). The van der Waals surface area contributed by atoms with E-state index in [1.807, 2.05) is 42.2 Å². The van der Waals surface area contributed by atoms with E-state index in [1.54, 1.807) is 18.2 Å². The van der Waals surface area contributed by atoms with Crippen molar-refractivity contribution < 1.29 is 4.79 Å². The molecule has 2 heterocycles. The van der Waals surface area contributed by atoms with Gasteiger partial charge in [-0.2, -0.15) is 0 Å². The summed E-state index contributed by atoms with van der Waals surface area (Å²) in [5.74, 6) is 0.602. The maximum absolute atomic E-state index is 12.7. The monoisotopic (exact) mass is 396 g/mol. The van der Waals surface area contributed by atoms with Crippen LogP contribution in [-0.4, -0.2) is 51.9 Å². The number of rotatable bonds is 3. The van der Waals surface area contributed by atoms with E-state index in [2.05, 4.69) is 14.9 Å². The largest absolute Gasteiger partial charge is 0.336 e. The highest BCUT2D eigenvalue weighted by atomic mass is 35.5. The number of nitrogens with zero attached hydrogens (tertiary/aromatic N) is 3. The number of aromatic nitrogens is 2. The van der Waals surface area contributed by atoms with Crippen LogP contribution in [0.15, 0.2) is 53.3 Å². The lowest BCUT2D eigenvalue weighted by Crippen LogP contribution is -2.49. The first-order valence-electron chi connectivity index (χ1n) is 9.31. The minimum absolute atomic E-state index is 0.0462. The van der Waals surface area contributed by atoms with E-state index >= 15 is 0 Å². The summed E-state index contributed by atoms with van der Waals surface area (Å²) in [4.78, 5) is 36.6. The molecule has 6 nitrogen and oxygen atoms in total. The number of hydrogen-bond acceptors (Lipinski definition) is 4. The van der Waals surface area contributed by atoms with Crippen LogP contribution in [-0.2, 0) is 0 Å². The SMILES string of the molecule is C[C@@H](c1nc2ccccc2c(=O)[nH]1)N1CCN(C(=O)c2ccccc2Cl)CC1. The van der Waals surface area contributed by atoms with Crippen molar-refractivity contribution in [2.45, 2.75) is 13.0 Å². The number of nitrogens with one attached hydrogen (secondary N) is 1. The van der Waals surface area contributed by atoms with Crippen molar-refractivity contribution in [1.29, 1.82) is 0 Å². The maximum atomic E-state index is 12.7. The van der Waals surface area contributed by atoms with E-state index in [-0.39, 0.29) is 17.5 Å². The second kappa shape index (κ2) is 7.73. The number of carbonyl (C=O) groups is 1. The molecule has 0 bridgehead atoms. The predicted octanol–water partition coefficient (Wildman–Crippen LogP) is 3.10. The number of para-hydroxylation sites is 1. The van der Waals surface area contributed by atoms with Crippen LogP contribution in [0.25, 0.3) is 10.9 Å². The van der Waals surface area contributed by atoms with Gasteiger partial charge in [0, 0.05) is 26.2 Å². The summed E-state index contributed by atoms with van der Waals surface area (Å²) in [6.45, 7) is 4.64. The Kier molecular flexibility index (Phi) is 5.15. The van der Waals surface area contributed by atoms with Gasteiger partial charge < -0.3 is 9.88 Å². The van der Waals surface area contributed by atoms with Gasteiger partial charge in [0.1, 0.15) is 5.82 Å². The minimum atomic E-state index is -0.125. The number of benzene rings is 2. The van der Waals surface area contributed by atoms with Gasteiger partial charge in [0.05, 0.1) is 27.5 Å². The average molecular weight is 397 g/mol. The number of fused-ring (bicyclic) bond motifs is 1. The normalized spacial score (nSPS) is 16.3. The predicted molar refractivity (Wildman–Crippen MR) is 110 cm³/mol. The second-order valence-corrected chi connectivity index (χ2v) is 7.36. The standard InChI is InChI=1S/C21H21ClN4O2/c1-14(19-23-18-9-5-3-7-16(18)20(27)24-19)25-10-12-26(13-11-25)21(28)15-6-2-4-8-17(15)22/h2-9,14H,10-13H2,1H3,(H,23,24,27)/t14-/m0/s1. The van der Waals surface area contributed by atoms with E-state index in [0.717, 1.165) is 0 Å². The van der Waals surface area contributed by atoms with Crippen molar-refractivity contribution >= 4 is 28.4 Å². The molecule has 28 heavy (non-hydrogen) atoms. The topological polar surface area (TPSA) is 69.3 Å². The van der Waals surface area contributed by atoms with E-state index in [4.69, 9.17) is 11.6 Å². The summed E-state index contributed by atoms with van der Waals surface area (Å²) in [6, 6.07) is 14.4. The maximum Gasteiger partial charge on any atom is 0.258 e. The Balaban J connectivity index is 1.47. The number of H-pyrrole nitrogens is 1. The van der Waals surface area contributed by atoms with Crippen LogP contribution in [0.5, 0.6) is 0 Å². The number of piperazine rings is 1. The molecule has 0 radical (unpaired) electrons. The quantitative estimate of drug-likeness (QED) is 0.738. The Morgan fingerprint density at radius 2 is 1.75 bits per heavy atom. The van der Waals surface area contributed by atoms with Gasteiger partial charge in [0.2, 0.25) is 0 Å². The van der Waals surface area contributed by atoms with E-state index in [9.17, 15) is 9.59 Å². The Bertz CT molecular complexity index is 1070. The molecular weight excluding hydrogens is 376 g/mol. The summed E-state index contributed by atoms with van der Waals surface area (Å²) in [6.07, 6.45) is 0. The van der Waals surface area contributed by atoms with Crippen molar-refractivity contribution in [3.05, 3.63) is 75.3 Å². The van der Waals surface area contributed by atoms with Gasteiger partial charge in [-0.3, -0.25) is 14.5 Å². The zero-order valence-corrected chi connectivity index (χ0v) is 16.3. The number of amides is 1. The lowest BCUT2D eigenvalue weighted by Gasteiger charge is -2.37. The first-order chi connectivity index (χ1) is 13.5. The van der Waals surface area contributed by atoms with Crippen LogP contribution in [0.1, 0.15) is 29.1 Å². The molecule has 1 aliphatic heterocycles. The van der Waals surface area contributed by atoms with Crippen molar-refractivity contribution in [2.24, 2.45) is 0 Å². The van der Waals surface area contributed by atoms with Crippen molar-refractivity contribution in [1.82, 2.24) is 19.8 Å². The van der Waals surface area contributed by atoms with Crippen molar-refractivity contribution in [2.75, 3.05) is 26.2 Å². The molecule has 1 aromatic heterocycles. The fourth-order valence-corrected chi connectivity index (χ4v) is 3.81. The zero-order chi connectivity index (χ0) is 19.7. The van der Waals surface area contributed by atoms with Crippen LogP contribution in [0, 0.1) is 0 Å². The molecule has 3 aromatic rings. The van der Waals surface area contributed by atoms with Gasteiger partial charge in [-0.05, 0) is 31.2 Å². The fourth-order valence-electron chi connectivity index (χ4n) is 3.59. The summed E-state index contributed by atoms with van der Waals surface area (Å²) in [5.41, 5.74) is 1.10. The molecule has 0 aliphatic carbocycles. The zero-order valence-electron chi connectivity index (χ0n) is 15.6. The molecule has 144 valence electrons. The van der Waals surface area contributed by atoms with Gasteiger partial charge in [0.25, 0.3) is 11.5 Å². The second-order valence-electron chi connectivity index (χ2n) is 6.95. The van der Waals surface area contributed by atoms with Crippen LogP contribution in [0.2, 0.25) is 5.02 Å². The lowest BCUT2D eigenvalue weighted by atomic mass is 10.1. The summed E-state index contributed by atoms with van der Waals surface area (Å²) >= 11 is 6.16. The number of halogens is 1. The van der Waals surface area contributed by atoms with Gasteiger partial charge in [-0.1, -0.05) is 35.9 Å². The lowest BCUT2D eigenvalue weighted by molar-refractivity contribution is 0.0575. The number of carbonyl (C=O) groups excluding carboxylic acids is 1. The molecule has 1 saturated heterocycles. The third-order valence-electron chi connectivity index (χ3n) is 5.28. The first kappa shape index (κ1) is 18.7. The van der Waals surface area contributed by atoms with Crippen LogP contribution in [0.3, 0.4) is 0 Å². The molecule has 0 spiro atoms. The molecule has 1 aliphatic rings. The van der Waals surface area contributed by atoms with Crippen molar-refractivity contribution in [3.63, 3.8) is 0 Å². The molecular formula is C21H21ClN4O2. The first-order valence-corrected chi connectivity index (χ1v) is 9.69. The van der Waals surface area contributed by atoms with Gasteiger partial charge >= 0.3 is 0 Å². The molecule has 1 fully saturated rings. The van der Waals surface area contributed by atoms with Gasteiger partial charge in [-0.15, -0.1) is 0 Å². The summed E-state index contributed by atoms with van der Waals surface area (Å²) < 4.78 is 0. The Morgan fingerprint density at radius 3 is 2.50 bits per heavy atom. The third-order valence-corrected chi connectivity index (χ3v) is 5.61. The highest BCUT2D eigenvalue weighted by molar-refractivity contribution is 6.33. The highest BCUT2D eigenvalue weighted by Gasteiger charge is 2.27. The highest BCUT2D eigenvalue weighted by Crippen LogP contribution is 2.22. The van der Waals surface area contributed by atoms with Gasteiger partial charge in [-0.25, -0.2) is 4.98 Å². The minimum Gasteiger partial charge on any atom is -0.336 e. The van der Waals surface area contributed by atoms with Crippen LogP contribution >= 0.6 is 11.6 Å². The molecule has 0 unspecified atom stereocenters. The molecule has 7 heteroatoms. The smallest absolute Gasteiger partial charge is 0.258 e. The van der Waals surface area contributed by atoms with Crippen molar-refractivity contribution in [3.8, 4) is 0 Å². The molecule has 0 saturated carbocycles. The van der Waals surface area contributed by atoms with E-state index < -0.39 is 0 Å². The summed E-state index contributed by atoms with van der Waals surface area (Å²) in [7, 11) is 0. The number of hydrogen-bond donors (Lipinski definition) is 1. The van der Waals surface area contributed by atoms with E-state index in [0.29, 0.717) is 53.5 Å².